The first-order chi connectivity index (χ1) is 7.24. The molecule has 0 aliphatic carbocycles. The van der Waals surface area contributed by atoms with Crippen LogP contribution in [0.2, 0.25) is 0 Å². The Morgan fingerprint density at radius 1 is 1.53 bits per heavy atom. The maximum Gasteiger partial charge on any atom is 0.127 e. The third-order valence-electron chi connectivity index (χ3n) is 2.87. The Labute approximate surface area is 90.5 Å². The molecule has 82 valence electrons. The molecule has 0 spiro atoms. The molecule has 1 aromatic rings. The highest BCUT2D eigenvalue weighted by Gasteiger charge is 2.16. The molecule has 0 amide bonds. The first kappa shape index (κ1) is 10.4. The fraction of sp³-hybridized carbons (Fsp3) is 0.636. The molecule has 2 N–H and O–H groups in total. The van der Waals surface area contributed by atoms with Crippen LogP contribution in [-0.4, -0.2) is 28.0 Å². The standard InChI is InChI=1S/C11H18N4/c1-9-3-2-4-15(6-9)7-10-5-11(12)14-8-13-10/h5,8-9H,2-4,6-7H2,1H3,(H2,12,13,14). The molecule has 1 saturated heterocycles. The van der Waals surface area contributed by atoms with Crippen molar-refractivity contribution in [1.29, 1.82) is 0 Å². The zero-order valence-electron chi connectivity index (χ0n) is 9.19. The van der Waals surface area contributed by atoms with Gasteiger partial charge in [-0.05, 0) is 25.3 Å². The van der Waals surface area contributed by atoms with Crippen molar-refractivity contribution < 1.29 is 0 Å². The Morgan fingerprint density at radius 2 is 2.40 bits per heavy atom. The van der Waals surface area contributed by atoms with Crippen LogP contribution in [0.3, 0.4) is 0 Å². The highest BCUT2D eigenvalue weighted by molar-refractivity contribution is 5.27. The second kappa shape index (κ2) is 4.57. The average Bonchev–Trinajstić information content (AvgIpc) is 2.17. The second-order valence-electron chi connectivity index (χ2n) is 4.42. The first-order valence-electron chi connectivity index (χ1n) is 5.53. The van der Waals surface area contributed by atoms with Gasteiger partial charge in [-0.3, -0.25) is 4.90 Å². The summed E-state index contributed by atoms with van der Waals surface area (Å²) in [4.78, 5) is 10.6. The molecule has 1 aliphatic rings. The van der Waals surface area contributed by atoms with Crippen LogP contribution in [0.5, 0.6) is 0 Å². The summed E-state index contributed by atoms with van der Waals surface area (Å²) in [5, 5.41) is 0. The zero-order chi connectivity index (χ0) is 10.7. The number of nitrogens with two attached hydrogens (primary N) is 1. The minimum atomic E-state index is 0.560. The van der Waals surface area contributed by atoms with Gasteiger partial charge in [-0.2, -0.15) is 0 Å². The predicted octanol–water partition coefficient (Wildman–Crippen LogP) is 1.29. The van der Waals surface area contributed by atoms with Gasteiger partial charge in [-0.1, -0.05) is 6.92 Å². The third-order valence-corrected chi connectivity index (χ3v) is 2.87. The highest BCUT2D eigenvalue weighted by atomic mass is 15.1. The van der Waals surface area contributed by atoms with Crippen molar-refractivity contribution in [3.63, 3.8) is 0 Å². The smallest absolute Gasteiger partial charge is 0.127 e. The fourth-order valence-electron chi connectivity index (χ4n) is 2.16. The lowest BCUT2D eigenvalue weighted by Gasteiger charge is -2.30. The molecular formula is C11H18N4. The van der Waals surface area contributed by atoms with Crippen molar-refractivity contribution in [1.82, 2.24) is 14.9 Å². The minimum absolute atomic E-state index is 0.560. The van der Waals surface area contributed by atoms with Crippen LogP contribution in [0.1, 0.15) is 25.5 Å². The monoisotopic (exact) mass is 206 g/mol. The van der Waals surface area contributed by atoms with E-state index in [2.05, 4.69) is 21.8 Å². The molecule has 1 unspecified atom stereocenters. The molecule has 0 aromatic carbocycles. The van der Waals surface area contributed by atoms with E-state index in [9.17, 15) is 0 Å². The third kappa shape index (κ3) is 2.89. The van der Waals surface area contributed by atoms with E-state index in [-0.39, 0.29) is 0 Å². The molecule has 1 aliphatic heterocycles. The Morgan fingerprint density at radius 3 is 3.13 bits per heavy atom. The average molecular weight is 206 g/mol. The van der Waals surface area contributed by atoms with Crippen LogP contribution >= 0.6 is 0 Å². The quantitative estimate of drug-likeness (QED) is 0.792. The summed E-state index contributed by atoms with van der Waals surface area (Å²) in [6.45, 7) is 5.55. The number of rotatable bonds is 2. The summed E-state index contributed by atoms with van der Waals surface area (Å²) in [5.74, 6) is 1.36. The molecule has 2 rings (SSSR count). The van der Waals surface area contributed by atoms with E-state index in [4.69, 9.17) is 5.73 Å². The Balaban J connectivity index is 1.96. The van der Waals surface area contributed by atoms with E-state index in [0.29, 0.717) is 5.82 Å². The van der Waals surface area contributed by atoms with E-state index < -0.39 is 0 Å². The molecular weight excluding hydrogens is 188 g/mol. The number of aromatic nitrogens is 2. The van der Waals surface area contributed by atoms with Gasteiger partial charge in [0, 0.05) is 19.2 Å². The van der Waals surface area contributed by atoms with Gasteiger partial charge in [0.25, 0.3) is 0 Å². The molecule has 4 heteroatoms. The Bertz CT molecular complexity index is 326. The van der Waals surface area contributed by atoms with E-state index in [0.717, 1.165) is 18.2 Å². The molecule has 1 aromatic heterocycles. The summed E-state index contributed by atoms with van der Waals surface area (Å²) in [7, 11) is 0. The minimum Gasteiger partial charge on any atom is -0.384 e. The summed E-state index contributed by atoms with van der Waals surface area (Å²) in [5.41, 5.74) is 6.65. The van der Waals surface area contributed by atoms with Crippen LogP contribution in [0, 0.1) is 5.92 Å². The van der Waals surface area contributed by atoms with E-state index >= 15 is 0 Å². The van der Waals surface area contributed by atoms with Crippen LogP contribution in [0.4, 0.5) is 5.82 Å². The first-order valence-corrected chi connectivity index (χ1v) is 5.53. The highest BCUT2D eigenvalue weighted by Crippen LogP contribution is 2.17. The molecule has 4 nitrogen and oxygen atoms in total. The van der Waals surface area contributed by atoms with Gasteiger partial charge in [0.15, 0.2) is 0 Å². The summed E-state index contributed by atoms with van der Waals surface area (Å²) >= 11 is 0. The van der Waals surface area contributed by atoms with Gasteiger partial charge in [0.05, 0.1) is 5.69 Å². The largest absolute Gasteiger partial charge is 0.384 e. The second-order valence-corrected chi connectivity index (χ2v) is 4.42. The molecule has 0 bridgehead atoms. The van der Waals surface area contributed by atoms with Crippen LogP contribution < -0.4 is 5.73 Å². The van der Waals surface area contributed by atoms with Gasteiger partial charge >= 0.3 is 0 Å². The number of hydrogen-bond donors (Lipinski definition) is 1. The van der Waals surface area contributed by atoms with Crippen molar-refractivity contribution in [3.8, 4) is 0 Å². The number of nitrogens with zero attached hydrogens (tertiary/aromatic N) is 3. The van der Waals surface area contributed by atoms with E-state index in [1.807, 2.05) is 6.07 Å². The maximum absolute atomic E-state index is 5.62. The SMILES string of the molecule is CC1CCCN(Cc2cc(N)ncn2)C1. The van der Waals surface area contributed by atoms with Crippen LogP contribution in [0.15, 0.2) is 12.4 Å². The molecule has 0 saturated carbocycles. The van der Waals surface area contributed by atoms with Gasteiger partial charge < -0.3 is 5.73 Å². The van der Waals surface area contributed by atoms with Crippen molar-refractivity contribution in [2.75, 3.05) is 18.8 Å². The molecule has 1 fully saturated rings. The zero-order valence-corrected chi connectivity index (χ0v) is 9.19. The Hall–Kier alpha value is -1.16. The van der Waals surface area contributed by atoms with Gasteiger partial charge in [0.1, 0.15) is 12.1 Å². The van der Waals surface area contributed by atoms with Gasteiger partial charge in [0.2, 0.25) is 0 Å². The van der Waals surface area contributed by atoms with Crippen molar-refractivity contribution >= 4 is 5.82 Å². The molecule has 0 radical (unpaired) electrons. The topological polar surface area (TPSA) is 55.0 Å². The van der Waals surface area contributed by atoms with Crippen molar-refractivity contribution in [2.24, 2.45) is 5.92 Å². The number of anilines is 1. The van der Waals surface area contributed by atoms with Crippen molar-refractivity contribution in [2.45, 2.75) is 26.3 Å². The Kier molecular flexibility index (Phi) is 3.16. The lowest BCUT2D eigenvalue weighted by Crippen LogP contribution is -2.34. The van der Waals surface area contributed by atoms with Gasteiger partial charge in [-0.15, -0.1) is 0 Å². The number of nitrogen functional groups attached to an aromatic ring is 1. The van der Waals surface area contributed by atoms with Crippen LogP contribution in [-0.2, 0) is 6.54 Å². The number of piperidine rings is 1. The van der Waals surface area contributed by atoms with Crippen LogP contribution in [0.25, 0.3) is 0 Å². The molecule has 1 atom stereocenters. The number of hydrogen-bond acceptors (Lipinski definition) is 4. The van der Waals surface area contributed by atoms with Crippen molar-refractivity contribution in [3.05, 3.63) is 18.1 Å². The summed E-state index contributed by atoms with van der Waals surface area (Å²) < 4.78 is 0. The summed E-state index contributed by atoms with van der Waals surface area (Å²) in [6, 6.07) is 1.86. The van der Waals surface area contributed by atoms with E-state index in [1.165, 1.54) is 32.3 Å². The lowest BCUT2D eigenvalue weighted by molar-refractivity contribution is 0.175. The summed E-state index contributed by atoms with van der Waals surface area (Å²) in [6.07, 6.45) is 4.18. The lowest BCUT2D eigenvalue weighted by atomic mass is 10.0. The fourth-order valence-corrected chi connectivity index (χ4v) is 2.16. The normalized spacial score (nSPS) is 22.9. The number of likely N-dealkylation sites (tertiary alicyclic amines) is 1. The predicted molar refractivity (Wildman–Crippen MR) is 60.1 cm³/mol. The maximum atomic E-state index is 5.62. The molecule has 2 heterocycles. The molecule has 15 heavy (non-hydrogen) atoms. The van der Waals surface area contributed by atoms with E-state index in [1.54, 1.807) is 0 Å². The van der Waals surface area contributed by atoms with Gasteiger partial charge in [-0.25, -0.2) is 9.97 Å².